The number of hydrogen-bond acceptors (Lipinski definition) is 5. The lowest BCUT2D eigenvalue weighted by Crippen LogP contribution is -2.44. The summed E-state index contributed by atoms with van der Waals surface area (Å²) in [7, 11) is 0. The summed E-state index contributed by atoms with van der Waals surface area (Å²) in [5.41, 5.74) is 1.06. The Hall–Kier alpha value is -0.690. The number of rotatable bonds is 7. The highest BCUT2D eigenvalue weighted by Gasteiger charge is 2.31. The molecule has 134 valence electrons. The van der Waals surface area contributed by atoms with Crippen LogP contribution in [0.1, 0.15) is 18.4 Å². The Kier molecular flexibility index (Phi) is 6.89. The predicted molar refractivity (Wildman–Crippen MR) is 92.0 cm³/mol. The van der Waals surface area contributed by atoms with E-state index >= 15 is 0 Å². The lowest BCUT2D eigenvalue weighted by atomic mass is 9.97. The molecule has 24 heavy (non-hydrogen) atoms. The minimum absolute atomic E-state index is 0.0638. The molecule has 2 heterocycles. The van der Waals surface area contributed by atoms with Gasteiger partial charge in [-0.3, -0.25) is 0 Å². The van der Waals surface area contributed by atoms with Crippen LogP contribution in [0.2, 0.25) is 5.02 Å². The number of piperidine rings is 1. The quantitative estimate of drug-likeness (QED) is 0.813. The number of ether oxygens (including phenoxy) is 3. The second-order valence-corrected chi connectivity index (χ2v) is 7.00. The lowest BCUT2D eigenvalue weighted by molar-refractivity contribution is -0.103. The van der Waals surface area contributed by atoms with Crippen LogP contribution in [-0.2, 0) is 20.8 Å². The van der Waals surface area contributed by atoms with Crippen molar-refractivity contribution in [3.8, 4) is 0 Å². The van der Waals surface area contributed by atoms with Gasteiger partial charge in [0, 0.05) is 24.0 Å². The highest BCUT2D eigenvalue weighted by Crippen LogP contribution is 2.25. The zero-order chi connectivity index (χ0) is 16.8. The van der Waals surface area contributed by atoms with Crippen LogP contribution >= 0.6 is 11.6 Å². The number of halogens is 1. The van der Waals surface area contributed by atoms with Gasteiger partial charge in [0.05, 0.1) is 32.5 Å². The van der Waals surface area contributed by atoms with Crippen molar-refractivity contribution >= 4 is 11.6 Å². The Labute approximate surface area is 148 Å². The summed E-state index contributed by atoms with van der Waals surface area (Å²) < 4.78 is 16.9. The van der Waals surface area contributed by atoms with E-state index in [1.54, 1.807) is 0 Å². The van der Waals surface area contributed by atoms with Gasteiger partial charge in [0.25, 0.3) is 0 Å². The fourth-order valence-corrected chi connectivity index (χ4v) is 3.50. The summed E-state index contributed by atoms with van der Waals surface area (Å²) in [5.74, 6) is 0.406. The monoisotopic (exact) mass is 355 g/mol. The average Bonchev–Trinajstić information content (AvgIpc) is 3.11. The number of likely N-dealkylation sites (tertiary alicyclic amines) is 1. The molecule has 1 N–H and O–H groups in total. The van der Waals surface area contributed by atoms with Gasteiger partial charge in [0.15, 0.2) is 6.29 Å². The maximum absolute atomic E-state index is 10.2. The van der Waals surface area contributed by atoms with Crippen molar-refractivity contribution in [3.05, 3.63) is 34.9 Å². The second kappa shape index (κ2) is 9.13. The van der Waals surface area contributed by atoms with Gasteiger partial charge >= 0.3 is 0 Å². The van der Waals surface area contributed by atoms with Gasteiger partial charge in [-0.25, -0.2) is 0 Å². The maximum Gasteiger partial charge on any atom is 0.161 e. The van der Waals surface area contributed by atoms with Gasteiger partial charge in [-0.1, -0.05) is 23.7 Å². The van der Waals surface area contributed by atoms with Gasteiger partial charge in [-0.05, 0) is 37.1 Å². The van der Waals surface area contributed by atoms with Gasteiger partial charge in [0.1, 0.15) is 0 Å². The minimum atomic E-state index is -0.485. The first-order valence-corrected chi connectivity index (χ1v) is 9.04. The van der Waals surface area contributed by atoms with Crippen molar-refractivity contribution in [2.45, 2.75) is 31.8 Å². The van der Waals surface area contributed by atoms with Crippen LogP contribution in [0.4, 0.5) is 0 Å². The molecule has 2 aliphatic heterocycles. The van der Waals surface area contributed by atoms with Crippen LogP contribution in [0.3, 0.4) is 0 Å². The molecule has 5 nitrogen and oxygen atoms in total. The average molecular weight is 356 g/mol. The topological polar surface area (TPSA) is 51.2 Å². The van der Waals surface area contributed by atoms with Crippen LogP contribution in [-0.4, -0.2) is 61.9 Å². The molecule has 1 aromatic carbocycles. The molecule has 0 saturated carbocycles. The van der Waals surface area contributed by atoms with E-state index in [2.05, 4.69) is 4.90 Å². The molecule has 2 unspecified atom stereocenters. The van der Waals surface area contributed by atoms with Crippen molar-refractivity contribution in [1.82, 2.24) is 4.90 Å². The molecule has 0 aliphatic carbocycles. The van der Waals surface area contributed by atoms with Crippen LogP contribution in [0.5, 0.6) is 0 Å². The first kappa shape index (κ1) is 18.1. The van der Waals surface area contributed by atoms with Crippen molar-refractivity contribution < 1.29 is 19.3 Å². The van der Waals surface area contributed by atoms with E-state index in [1.807, 2.05) is 24.3 Å². The highest BCUT2D eigenvalue weighted by molar-refractivity contribution is 6.30. The van der Waals surface area contributed by atoms with Crippen LogP contribution < -0.4 is 0 Å². The third-order valence-electron chi connectivity index (χ3n) is 4.54. The van der Waals surface area contributed by atoms with Crippen molar-refractivity contribution in [3.63, 3.8) is 0 Å². The van der Waals surface area contributed by atoms with E-state index in [0.717, 1.165) is 31.5 Å². The van der Waals surface area contributed by atoms with Gasteiger partial charge < -0.3 is 24.2 Å². The minimum Gasteiger partial charge on any atom is -0.389 e. The zero-order valence-corrected chi connectivity index (χ0v) is 14.7. The Morgan fingerprint density at radius 1 is 1.25 bits per heavy atom. The van der Waals surface area contributed by atoms with Crippen molar-refractivity contribution in [1.29, 1.82) is 0 Å². The third-order valence-corrected chi connectivity index (χ3v) is 4.79. The van der Waals surface area contributed by atoms with E-state index in [9.17, 15) is 5.11 Å². The molecule has 2 atom stereocenters. The molecule has 1 aromatic rings. The molecule has 0 aromatic heterocycles. The Balaban J connectivity index is 1.36. The number of aliphatic hydroxyl groups excluding tert-OH is 1. The Morgan fingerprint density at radius 2 is 2.00 bits per heavy atom. The predicted octanol–water partition coefficient (Wildman–Crippen LogP) is 2.30. The summed E-state index contributed by atoms with van der Waals surface area (Å²) in [6.45, 7) is 4.77. The molecule has 0 radical (unpaired) electrons. The van der Waals surface area contributed by atoms with Gasteiger partial charge in [0.2, 0.25) is 0 Å². The number of aliphatic hydroxyl groups is 1. The molecular formula is C18H26ClNO4. The normalized spacial score (nSPS) is 24.3. The molecule has 0 amide bonds. The molecule has 0 spiro atoms. The summed E-state index contributed by atoms with van der Waals surface area (Å²) in [6, 6.07) is 7.56. The Bertz CT molecular complexity index is 492. The number of nitrogens with zero attached hydrogens (tertiary/aromatic N) is 1. The van der Waals surface area contributed by atoms with Crippen molar-refractivity contribution in [2.24, 2.45) is 5.92 Å². The highest BCUT2D eigenvalue weighted by atomic mass is 35.5. The molecular weight excluding hydrogens is 330 g/mol. The fourth-order valence-electron chi connectivity index (χ4n) is 3.37. The second-order valence-electron chi connectivity index (χ2n) is 6.57. The van der Waals surface area contributed by atoms with E-state index in [-0.39, 0.29) is 6.29 Å². The van der Waals surface area contributed by atoms with Crippen molar-refractivity contribution in [2.75, 3.05) is 39.5 Å². The SMILES string of the molecule is OC(COCc1ccc(Cl)cc1)CN1CCCC(C2OCCO2)C1. The summed E-state index contributed by atoms with van der Waals surface area (Å²) >= 11 is 5.86. The molecule has 3 rings (SSSR count). The van der Waals surface area contributed by atoms with E-state index in [0.29, 0.717) is 43.9 Å². The third kappa shape index (κ3) is 5.41. The summed E-state index contributed by atoms with van der Waals surface area (Å²) in [4.78, 5) is 2.29. The molecule has 0 bridgehead atoms. The molecule has 2 saturated heterocycles. The van der Waals surface area contributed by atoms with Crippen LogP contribution in [0.15, 0.2) is 24.3 Å². The molecule has 6 heteroatoms. The zero-order valence-electron chi connectivity index (χ0n) is 13.9. The first-order valence-electron chi connectivity index (χ1n) is 8.66. The number of hydrogen-bond donors (Lipinski definition) is 1. The molecule has 2 fully saturated rings. The smallest absolute Gasteiger partial charge is 0.161 e. The fraction of sp³-hybridized carbons (Fsp3) is 0.667. The summed E-state index contributed by atoms with van der Waals surface area (Å²) in [5, 5.41) is 10.9. The lowest BCUT2D eigenvalue weighted by Gasteiger charge is -2.35. The van der Waals surface area contributed by atoms with E-state index in [4.69, 9.17) is 25.8 Å². The van der Waals surface area contributed by atoms with Gasteiger partial charge in [-0.15, -0.1) is 0 Å². The Morgan fingerprint density at radius 3 is 2.75 bits per heavy atom. The van der Waals surface area contributed by atoms with E-state index in [1.165, 1.54) is 0 Å². The number of β-amino-alcohol motifs (C(OH)–C–C–N with tert-alkyl or cyclic N) is 1. The molecule has 2 aliphatic rings. The summed E-state index contributed by atoms with van der Waals surface area (Å²) in [6.07, 6.45) is 1.70. The standard InChI is InChI=1S/C18H26ClNO4/c19-16-5-3-14(4-6-16)12-22-13-17(21)11-20-7-1-2-15(10-20)18-23-8-9-24-18/h3-6,15,17-18,21H,1-2,7-13H2. The number of benzene rings is 1. The van der Waals surface area contributed by atoms with E-state index < -0.39 is 6.10 Å². The van der Waals surface area contributed by atoms with Crippen LogP contribution in [0, 0.1) is 5.92 Å². The van der Waals surface area contributed by atoms with Crippen LogP contribution in [0.25, 0.3) is 0 Å². The van der Waals surface area contributed by atoms with Gasteiger partial charge in [-0.2, -0.15) is 0 Å². The largest absolute Gasteiger partial charge is 0.389 e. The first-order chi connectivity index (χ1) is 11.7. The maximum atomic E-state index is 10.2.